The second kappa shape index (κ2) is 38.6. The van der Waals surface area contributed by atoms with E-state index in [9.17, 15) is 50.0 Å². The fourth-order valence-electron chi connectivity index (χ4n) is 7.84. The average Bonchev–Trinajstić information content (AvgIpc) is 3.26. The monoisotopic (exact) mass is 918 g/mol. The maximum absolute atomic E-state index is 13.0. The van der Waals surface area contributed by atoms with Gasteiger partial charge in [0.05, 0.1) is 31.3 Å². The highest BCUT2D eigenvalue weighted by atomic mass is 31.2. The third kappa shape index (κ3) is 30.4. The predicted molar refractivity (Wildman–Crippen MR) is 252 cm³/mol. The third-order valence-electron chi connectivity index (χ3n) is 11.9. The van der Waals surface area contributed by atoms with Crippen LogP contribution in [0.1, 0.15) is 206 Å². The number of hydrogen-bond donors (Lipinski definition) is 9. The van der Waals surface area contributed by atoms with Crippen LogP contribution in [0.4, 0.5) is 0 Å². The van der Waals surface area contributed by atoms with E-state index in [2.05, 4.69) is 43.5 Å². The van der Waals surface area contributed by atoms with Crippen molar-refractivity contribution in [2.75, 3.05) is 6.61 Å². The highest BCUT2D eigenvalue weighted by Gasteiger charge is 2.51. The zero-order valence-electron chi connectivity index (χ0n) is 39.2. The molecule has 63 heavy (non-hydrogen) atoms. The number of amides is 1. The second-order valence-corrected chi connectivity index (χ2v) is 19.2. The van der Waals surface area contributed by atoms with Gasteiger partial charge < -0.3 is 46.0 Å². The lowest BCUT2D eigenvalue weighted by molar-refractivity contribution is -0.220. The summed E-state index contributed by atoms with van der Waals surface area (Å²) in [5.41, 5.74) is 0. The van der Waals surface area contributed by atoms with Crippen molar-refractivity contribution in [3.63, 3.8) is 0 Å². The summed E-state index contributed by atoms with van der Waals surface area (Å²) in [5, 5.41) is 74.5. The van der Waals surface area contributed by atoms with Gasteiger partial charge in [-0.05, 0) is 57.8 Å². The Morgan fingerprint density at radius 3 is 1.40 bits per heavy atom. The molecule has 0 spiro atoms. The molecule has 13 nitrogen and oxygen atoms in total. The van der Waals surface area contributed by atoms with Crippen LogP contribution in [0.5, 0.6) is 0 Å². The minimum Gasteiger partial charge on any atom is -0.393 e. The van der Waals surface area contributed by atoms with Crippen molar-refractivity contribution in [1.82, 2.24) is 5.32 Å². The molecule has 1 saturated carbocycles. The van der Waals surface area contributed by atoms with E-state index >= 15 is 0 Å². The Bertz CT molecular complexity index is 1220. The number of hydrogen-bond acceptors (Lipinski definition) is 11. The van der Waals surface area contributed by atoms with Gasteiger partial charge >= 0.3 is 7.82 Å². The summed E-state index contributed by atoms with van der Waals surface area (Å²) < 4.78 is 22.9. The van der Waals surface area contributed by atoms with Crippen molar-refractivity contribution in [2.45, 2.75) is 261 Å². The van der Waals surface area contributed by atoms with E-state index in [0.29, 0.717) is 12.8 Å². The zero-order chi connectivity index (χ0) is 46.6. The van der Waals surface area contributed by atoms with Gasteiger partial charge in [-0.25, -0.2) is 4.57 Å². The standard InChI is InChI=1S/C49H92NO12P/c1-3-5-7-9-11-13-15-17-19-20-21-22-23-24-26-28-30-32-34-36-40(51)38-43(53)50-41(39-61-63(59,60)62-49-47(57)45(55)44(54)46(56)48(49)58)42(52)37-35-33-31-29-27-25-18-16-14-12-10-8-6-4-2/h22-23,27,29,35,37,40-42,44-49,51-52,54-58H,3-21,24-26,28,30-34,36,38-39H2,1-2H3,(H,50,53)(H,59,60)/b23-22-,29-27+,37-35+. The molecule has 1 aliphatic carbocycles. The summed E-state index contributed by atoms with van der Waals surface area (Å²) in [5.74, 6) is -0.607. The number of aliphatic hydroxyl groups is 7. The number of phosphoric acid groups is 1. The van der Waals surface area contributed by atoms with Gasteiger partial charge in [-0.15, -0.1) is 0 Å². The van der Waals surface area contributed by atoms with Crippen molar-refractivity contribution in [2.24, 2.45) is 0 Å². The quantitative estimate of drug-likeness (QED) is 0.0159. The molecule has 0 aromatic rings. The lowest BCUT2D eigenvalue weighted by Crippen LogP contribution is -2.64. The van der Waals surface area contributed by atoms with Crippen LogP contribution in [-0.4, -0.2) is 108 Å². The molecule has 1 fully saturated rings. The second-order valence-electron chi connectivity index (χ2n) is 17.8. The smallest absolute Gasteiger partial charge is 0.393 e. The maximum Gasteiger partial charge on any atom is 0.472 e. The summed E-state index contributed by atoms with van der Waals surface area (Å²) in [6, 6.07) is -1.26. The van der Waals surface area contributed by atoms with E-state index in [0.717, 1.165) is 64.2 Å². The Labute approximate surface area is 381 Å². The molecule has 14 heteroatoms. The number of unbranched alkanes of at least 4 members (excludes halogenated alkanes) is 24. The topological polar surface area (TPSA) is 226 Å². The minimum absolute atomic E-state index is 0.258. The Morgan fingerprint density at radius 2 is 0.937 bits per heavy atom. The van der Waals surface area contributed by atoms with Crippen LogP contribution in [0.15, 0.2) is 36.5 Å². The first-order valence-electron chi connectivity index (χ1n) is 25.0. The molecule has 0 saturated heterocycles. The van der Waals surface area contributed by atoms with Crippen molar-refractivity contribution >= 4 is 13.7 Å². The van der Waals surface area contributed by atoms with E-state index in [-0.39, 0.29) is 6.42 Å². The Hall–Kier alpha value is -1.48. The Morgan fingerprint density at radius 1 is 0.556 bits per heavy atom. The first-order valence-corrected chi connectivity index (χ1v) is 26.5. The van der Waals surface area contributed by atoms with Crippen LogP contribution in [0.2, 0.25) is 0 Å². The fraction of sp³-hybridized carbons (Fsp3) is 0.857. The number of phosphoric ester groups is 1. The minimum atomic E-state index is -5.15. The molecule has 0 bridgehead atoms. The van der Waals surface area contributed by atoms with Crippen molar-refractivity contribution in [1.29, 1.82) is 0 Å². The highest BCUT2D eigenvalue weighted by Crippen LogP contribution is 2.47. The van der Waals surface area contributed by atoms with Gasteiger partial charge in [0.2, 0.25) is 5.91 Å². The number of rotatable bonds is 41. The first kappa shape index (κ1) is 59.5. The number of aliphatic hydroxyl groups excluding tert-OH is 7. The van der Waals surface area contributed by atoms with Gasteiger partial charge in [0.25, 0.3) is 0 Å². The molecular weight excluding hydrogens is 826 g/mol. The molecule has 1 rings (SSSR count). The SMILES string of the molecule is CCCCCCCCCC/C=C/CC/C=C/C(O)C(COP(=O)(O)OC1C(O)C(O)C(O)C(O)C1O)NC(=O)CC(O)CCCCCCC/C=C\CCCCCCCCCCCC. The maximum atomic E-state index is 13.0. The number of nitrogens with one attached hydrogen (secondary N) is 1. The molecular formula is C49H92NO12P. The summed E-state index contributed by atoms with van der Waals surface area (Å²) in [6.45, 7) is 3.73. The van der Waals surface area contributed by atoms with Crippen molar-refractivity contribution in [3.8, 4) is 0 Å². The predicted octanol–water partition coefficient (Wildman–Crippen LogP) is 8.92. The molecule has 8 atom stereocenters. The molecule has 0 heterocycles. The summed E-state index contributed by atoms with van der Waals surface area (Å²) >= 11 is 0. The largest absolute Gasteiger partial charge is 0.472 e. The van der Waals surface area contributed by atoms with Gasteiger partial charge in [0, 0.05) is 0 Å². The van der Waals surface area contributed by atoms with Gasteiger partial charge in [-0.1, -0.05) is 179 Å². The van der Waals surface area contributed by atoms with E-state index in [4.69, 9.17) is 9.05 Å². The number of carbonyl (C=O) groups is 1. The highest BCUT2D eigenvalue weighted by molar-refractivity contribution is 7.47. The third-order valence-corrected chi connectivity index (χ3v) is 12.9. The first-order chi connectivity index (χ1) is 30.3. The molecule has 0 radical (unpaired) electrons. The van der Waals surface area contributed by atoms with E-state index in [1.54, 1.807) is 6.08 Å². The summed E-state index contributed by atoms with van der Waals surface area (Å²) in [4.78, 5) is 23.5. The van der Waals surface area contributed by atoms with Crippen molar-refractivity contribution in [3.05, 3.63) is 36.5 Å². The Balaban J connectivity index is 2.51. The summed E-state index contributed by atoms with van der Waals surface area (Å²) in [7, 11) is -5.15. The van der Waals surface area contributed by atoms with Gasteiger partial charge in [-0.3, -0.25) is 13.8 Å². The molecule has 8 unspecified atom stereocenters. The molecule has 9 N–H and O–H groups in total. The molecule has 1 aliphatic rings. The van der Waals surface area contributed by atoms with E-state index in [1.165, 1.54) is 115 Å². The number of allylic oxidation sites excluding steroid dienone is 5. The molecule has 0 aromatic carbocycles. The average molecular weight is 918 g/mol. The van der Waals surface area contributed by atoms with E-state index in [1.807, 2.05) is 0 Å². The molecule has 1 amide bonds. The molecule has 0 aromatic heterocycles. The van der Waals surface area contributed by atoms with Gasteiger partial charge in [-0.2, -0.15) is 0 Å². The number of carbonyl (C=O) groups excluding carboxylic acids is 1. The van der Waals surface area contributed by atoms with Crippen LogP contribution in [0.3, 0.4) is 0 Å². The summed E-state index contributed by atoms with van der Waals surface area (Å²) in [6.07, 6.45) is 30.9. The van der Waals surface area contributed by atoms with Crippen LogP contribution < -0.4 is 5.32 Å². The van der Waals surface area contributed by atoms with E-state index < -0.39 is 75.2 Å². The van der Waals surface area contributed by atoms with Gasteiger partial charge in [0.15, 0.2) is 0 Å². The molecule has 370 valence electrons. The normalized spacial score (nSPS) is 23.1. The van der Waals surface area contributed by atoms with Crippen LogP contribution >= 0.6 is 7.82 Å². The lowest BCUT2D eigenvalue weighted by atomic mass is 9.85. The van der Waals surface area contributed by atoms with Gasteiger partial charge in [0.1, 0.15) is 36.6 Å². The zero-order valence-corrected chi connectivity index (χ0v) is 40.1. The molecule has 0 aliphatic heterocycles. The van der Waals surface area contributed by atoms with Crippen LogP contribution in [0, 0.1) is 0 Å². The van der Waals surface area contributed by atoms with Crippen LogP contribution in [-0.2, 0) is 18.4 Å². The fourth-order valence-corrected chi connectivity index (χ4v) is 8.81. The lowest BCUT2D eigenvalue weighted by Gasteiger charge is -2.41. The van der Waals surface area contributed by atoms with Crippen molar-refractivity contribution < 1.29 is 59.0 Å². The Kier molecular flexibility index (Phi) is 36.5. The van der Waals surface area contributed by atoms with Crippen LogP contribution in [0.25, 0.3) is 0 Å².